The van der Waals surface area contributed by atoms with Crippen molar-refractivity contribution < 1.29 is 9.53 Å². The highest BCUT2D eigenvalue weighted by Gasteiger charge is 2.29. The Morgan fingerprint density at radius 3 is 2.79 bits per heavy atom. The molecule has 8 heteroatoms. The average Bonchev–Trinajstić information content (AvgIpc) is 3.40. The highest BCUT2D eigenvalue weighted by atomic mass is 16.5. The molecule has 0 radical (unpaired) electrons. The molecule has 5 rings (SSSR count). The number of carbonyl (C=O) groups excluding carboxylic acids is 1. The largest absolute Gasteiger partial charge is 0.368 e. The molecule has 1 amide bonds. The number of pyridine rings is 2. The summed E-state index contributed by atoms with van der Waals surface area (Å²) in [5.74, 6) is -0.0421. The van der Waals surface area contributed by atoms with Crippen molar-refractivity contribution in [1.82, 2.24) is 29.0 Å². The molecule has 0 aromatic carbocycles. The van der Waals surface area contributed by atoms with Crippen molar-refractivity contribution >= 4 is 11.6 Å². The molecular formula is C21H20N6O2. The fourth-order valence-electron chi connectivity index (χ4n) is 3.70. The van der Waals surface area contributed by atoms with Crippen LogP contribution in [0.2, 0.25) is 0 Å². The summed E-state index contributed by atoms with van der Waals surface area (Å²) in [6, 6.07) is 11.7. The minimum atomic E-state index is -0.272. The first-order valence-corrected chi connectivity index (χ1v) is 9.48. The van der Waals surface area contributed by atoms with Gasteiger partial charge in [0.25, 0.3) is 5.91 Å². The van der Waals surface area contributed by atoms with E-state index < -0.39 is 0 Å². The fraction of sp³-hybridized carbons (Fsp3) is 0.238. The lowest BCUT2D eigenvalue weighted by Crippen LogP contribution is -2.43. The lowest BCUT2D eigenvalue weighted by Gasteiger charge is -2.32. The van der Waals surface area contributed by atoms with Crippen LogP contribution in [-0.2, 0) is 11.8 Å². The van der Waals surface area contributed by atoms with E-state index in [1.54, 1.807) is 41.3 Å². The van der Waals surface area contributed by atoms with E-state index in [4.69, 9.17) is 9.72 Å². The minimum absolute atomic E-state index is 0.0421. The molecule has 5 heterocycles. The lowest BCUT2D eigenvalue weighted by molar-refractivity contribution is -0.0248. The first-order valence-electron chi connectivity index (χ1n) is 9.48. The van der Waals surface area contributed by atoms with E-state index in [0.29, 0.717) is 25.4 Å². The molecule has 0 saturated carbocycles. The van der Waals surface area contributed by atoms with Gasteiger partial charge in [0.2, 0.25) is 0 Å². The zero-order valence-electron chi connectivity index (χ0n) is 16.0. The van der Waals surface area contributed by atoms with Crippen molar-refractivity contribution in [2.24, 2.45) is 7.05 Å². The molecule has 146 valence electrons. The second kappa shape index (κ2) is 7.14. The Bertz CT molecular complexity index is 1170. The molecule has 4 aromatic rings. The summed E-state index contributed by atoms with van der Waals surface area (Å²) in [5.41, 5.74) is 4.32. The molecule has 1 aliphatic rings. The smallest absolute Gasteiger partial charge is 0.272 e. The van der Waals surface area contributed by atoms with Crippen LogP contribution in [-0.4, -0.2) is 54.7 Å². The molecule has 29 heavy (non-hydrogen) atoms. The van der Waals surface area contributed by atoms with Crippen molar-refractivity contribution in [1.29, 1.82) is 0 Å². The normalized spacial score (nSPS) is 17.0. The van der Waals surface area contributed by atoms with Crippen molar-refractivity contribution in [3.8, 4) is 11.3 Å². The number of ether oxygens (including phenoxy) is 1. The van der Waals surface area contributed by atoms with Gasteiger partial charge in [-0.3, -0.25) is 18.9 Å². The van der Waals surface area contributed by atoms with Crippen LogP contribution in [0, 0.1) is 0 Å². The van der Waals surface area contributed by atoms with Crippen LogP contribution in [0.1, 0.15) is 22.3 Å². The van der Waals surface area contributed by atoms with Gasteiger partial charge in [0.1, 0.15) is 17.4 Å². The Morgan fingerprint density at radius 1 is 1.14 bits per heavy atom. The topological polar surface area (TPSA) is 77.5 Å². The van der Waals surface area contributed by atoms with Gasteiger partial charge in [-0.15, -0.1) is 0 Å². The predicted octanol–water partition coefficient (Wildman–Crippen LogP) is 2.34. The van der Waals surface area contributed by atoms with Gasteiger partial charge < -0.3 is 9.64 Å². The highest BCUT2D eigenvalue weighted by Crippen LogP contribution is 2.26. The number of aryl methyl sites for hydroxylation is 1. The summed E-state index contributed by atoms with van der Waals surface area (Å²) >= 11 is 0. The summed E-state index contributed by atoms with van der Waals surface area (Å²) in [4.78, 5) is 23.5. The number of aromatic nitrogens is 5. The van der Waals surface area contributed by atoms with Crippen molar-refractivity contribution in [3.05, 3.63) is 72.6 Å². The van der Waals surface area contributed by atoms with Crippen LogP contribution in [0.25, 0.3) is 16.9 Å². The van der Waals surface area contributed by atoms with Gasteiger partial charge in [-0.2, -0.15) is 5.10 Å². The molecule has 0 spiro atoms. The van der Waals surface area contributed by atoms with Gasteiger partial charge in [0.15, 0.2) is 0 Å². The van der Waals surface area contributed by atoms with Crippen LogP contribution in [0.5, 0.6) is 0 Å². The Balaban J connectivity index is 1.45. The number of fused-ring (bicyclic) bond motifs is 1. The summed E-state index contributed by atoms with van der Waals surface area (Å²) in [6.07, 6.45) is 6.91. The Kier molecular flexibility index (Phi) is 4.33. The number of morpholine rings is 1. The van der Waals surface area contributed by atoms with E-state index in [0.717, 1.165) is 22.6 Å². The van der Waals surface area contributed by atoms with Gasteiger partial charge in [0.05, 0.1) is 24.5 Å². The molecular weight excluding hydrogens is 368 g/mol. The number of hydrogen-bond donors (Lipinski definition) is 0. The molecule has 0 N–H and O–H groups in total. The standard InChI is InChI=1S/C21H20N6O2/c1-25-18(7-10-23-25)21(28)26-11-12-29-19(14-26)16-13-27-17(3-2-4-20(27)24-16)15-5-8-22-9-6-15/h2-10,13,19H,11-12,14H2,1H3. The van der Waals surface area contributed by atoms with Crippen LogP contribution in [0.4, 0.5) is 0 Å². The fourth-order valence-corrected chi connectivity index (χ4v) is 3.70. The molecule has 1 unspecified atom stereocenters. The van der Waals surface area contributed by atoms with Crippen molar-refractivity contribution in [2.75, 3.05) is 19.7 Å². The third-order valence-electron chi connectivity index (χ3n) is 5.21. The van der Waals surface area contributed by atoms with Crippen LogP contribution in [0.15, 0.2) is 61.2 Å². The highest BCUT2D eigenvalue weighted by molar-refractivity contribution is 5.92. The first kappa shape index (κ1) is 17.6. The number of nitrogens with zero attached hydrogens (tertiary/aromatic N) is 6. The maximum absolute atomic E-state index is 12.8. The molecule has 8 nitrogen and oxygen atoms in total. The SMILES string of the molecule is Cn1nccc1C(=O)N1CCOC(c2cn3c(-c4ccncc4)cccc3n2)C1. The van der Waals surface area contributed by atoms with Gasteiger partial charge in [-0.25, -0.2) is 4.98 Å². The number of rotatable bonds is 3. The van der Waals surface area contributed by atoms with E-state index in [9.17, 15) is 4.79 Å². The summed E-state index contributed by atoms with van der Waals surface area (Å²) in [7, 11) is 1.77. The summed E-state index contributed by atoms with van der Waals surface area (Å²) < 4.78 is 9.61. The maximum atomic E-state index is 12.8. The molecule has 1 saturated heterocycles. The van der Waals surface area contributed by atoms with Crippen LogP contribution >= 0.6 is 0 Å². The maximum Gasteiger partial charge on any atom is 0.272 e. The Labute approximate surface area is 167 Å². The molecule has 1 atom stereocenters. The van der Waals surface area contributed by atoms with E-state index in [2.05, 4.69) is 14.5 Å². The number of carbonyl (C=O) groups is 1. The van der Waals surface area contributed by atoms with E-state index in [1.807, 2.05) is 36.5 Å². The summed E-state index contributed by atoms with van der Waals surface area (Å²) in [6.45, 7) is 1.48. The Hall–Kier alpha value is -3.52. The molecule has 0 aliphatic carbocycles. The average molecular weight is 388 g/mol. The van der Waals surface area contributed by atoms with Crippen molar-refractivity contribution in [3.63, 3.8) is 0 Å². The molecule has 4 aromatic heterocycles. The van der Waals surface area contributed by atoms with Gasteiger partial charge in [-0.1, -0.05) is 6.07 Å². The van der Waals surface area contributed by atoms with Crippen LogP contribution < -0.4 is 0 Å². The third-order valence-corrected chi connectivity index (χ3v) is 5.21. The van der Waals surface area contributed by atoms with Crippen LogP contribution in [0.3, 0.4) is 0 Å². The molecule has 1 aliphatic heterocycles. The van der Waals surface area contributed by atoms with Crippen molar-refractivity contribution in [2.45, 2.75) is 6.10 Å². The minimum Gasteiger partial charge on any atom is -0.368 e. The van der Waals surface area contributed by atoms with E-state index in [1.165, 1.54) is 0 Å². The molecule has 0 bridgehead atoms. The number of imidazole rings is 1. The Morgan fingerprint density at radius 2 is 2.00 bits per heavy atom. The van der Waals surface area contributed by atoms with Gasteiger partial charge in [-0.05, 0) is 30.3 Å². The van der Waals surface area contributed by atoms with E-state index >= 15 is 0 Å². The number of amides is 1. The lowest BCUT2D eigenvalue weighted by atomic mass is 10.2. The first-order chi connectivity index (χ1) is 14.2. The zero-order valence-corrected chi connectivity index (χ0v) is 16.0. The predicted molar refractivity (Wildman–Crippen MR) is 106 cm³/mol. The second-order valence-corrected chi connectivity index (χ2v) is 6.99. The quantitative estimate of drug-likeness (QED) is 0.538. The zero-order chi connectivity index (χ0) is 19.8. The third kappa shape index (κ3) is 3.17. The monoisotopic (exact) mass is 388 g/mol. The van der Waals surface area contributed by atoms with E-state index in [-0.39, 0.29) is 12.0 Å². The summed E-state index contributed by atoms with van der Waals surface area (Å²) in [5, 5.41) is 4.09. The second-order valence-electron chi connectivity index (χ2n) is 6.99. The van der Waals surface area contributed by atoms with Gasteiger partial charge in [0, 0.05) is 43.9 Å². The molecule has 1 fully saturated rings. The number of hydrogen-bond acceptors (Lipinski definition) is 5. The van der Waals surface area contributed by atoms with Gasteiger partial charge >= 0.3 is 0 Å².